The molecule has 5 rings (SSSR count). The molecule has 5 nitrogen and oxygen atoms in total. The number of Topliss-reactive ketones (excluding diaryl/α,β-unsaturated/α-hetero) is 1. The molecule has 0 aromatic heterocycles. The van der Waals surface area contributed by atoms with E-state index in [9.17, 15) is 4.79 Å². The van der Waals surface area contributed by atoms with Gasteiger partial charge in [-0.25, -0.2) is 0 Å². The molecule has 34 heavy (non-hydrogen) atoms. The quantitative estimate of drug-likeness (QED) is 0.429. The van der Waals surface area contributed by atoms with Crippen LogP contribution in [-0.4, -0.2) is 19.5 Å². The number of hydrogen-bond acceptors (Lipinski definition) is 5. The first-order valence-corrected chi connectivity index (χ1v) is 11.9. The Bertz CT molecular complexity index is 1250. The molecular weight excluding hydrogens is 448 g/mol. The molecule has 3 aromatic carbocycles. The Balaban J connectivity index is 1.64. The first-order valence-electron chi connectivity index (χ1n) is 11.5. The molecule has 0 saturated carbocycles. The number of ether oxygens (including phenoxy) is 2. The van der Waals surface area contributed by atoms with E-state index < -0.39 is 0 Å². The molecule has 6 heteroatoms. The third-order valence-electron chi connectivity index (χ3n) is 6.48. The molecule has 0 spiro atoms. The monoisotopic (exact) mass is 474 g/mol. The number of ketones is 1. The third-order valence-corrected chi connectivity index (χ3v) is 6.73. The number of carbonyl (C=O) groups excluding carboxylic acids is 1. The Hall–Kier alpha value is -3.44. The maximum absolute atomic E-state index is 13.8. The average molecular weight is 475 g/mol. The van der Waals surface area contributed by atoms with E-state index in [1.165, 1.54) is 0 Å². The molecule has 2 unspecified atom stereocenters. The molecule has 1 aliphatic carbocycles. The molecule has 3 aromatic rings. The van der Waals surface area contributed by atoms with Gasteiger partial charge >= 0.3 is 0 Å². The lowest BCUT2D eigenvalue weighted by Gasteiger charge is -2.30. The summed E-state index contributed by atoms with van der Waals surface area (Å²) < 4.78 is 11.6. The van der Waals surface area contributed by atoms with Gasteiger partial charge in [-0.15, -0.1) is 0 Å². The van der Waals surface area contributed by atoms with Gasteiger partial charge in [0.05, 0.1) is 31.1 Å². The van der Waals surface area contributed by atoms with Crippen LogP contribution in [0, 0.1) is 0 Å². The van der Waals surface area contributed by atoms with Crippen molar-refractivity contribution in [1.82, 2.24) is 0 Å². The van der Waals surface area contributed by atoms with Crippen LogP contribution < -0.4 is 20.1 Å². The van der Waals surface area contributed by atoms with Gasteiger partial charge in [0.15, 0.2) is 17.3 Å². The topological polar surface area (TPSA) is 59.6 Å². The minimum atomic E-state index is -0.374. The zero-order valence-electron chi connectivity index (χ0n) is 19.2. The zero-order chi connectivity index (χ0) is 23.7. The van der Waals surface area contributed by atoms with Crippen LogP contribution in [0.2, 0.25) is 5.02 Å². The number of allylic oxidation sites excluding steroid dienone is 1. The van der Waals surface area contributed by atoms with Gasteiger partial charge in [0.1, 0.15) is 0 Å². The van der Waals surface area contributed by atoms with Crippen molar-refractivity contribution in [1.29, 1.82) is 0 Å². The highest BCUT2D eigenvalue weighted by molar-refractivity contribution is 6.30. The molecule has 2 atom stereocenters. The second-order valence-corrected chi connectivity index (χ2v) is 8.97. The SMILES string of the molecule is CCOc1c(OC)cccc1C1Nc2ccccc2NC2=C1C(=O)CC(c1ccc(Cl)cc1)C2. The first kappa shape index (κ1) is 22.4. The largest absolute Gasteiger partial charge is 0.493 e. The number of carbonyl (C=O) groups is 1. The predicted molar refractivity (Wildman–Crippen MR) is 136 cm³/mol. The van der Waals surface area contributed by atoms with Crippen molar-refractivity contribution < 1.29 is 14.3 Å². The van der Waals surface area contributed by atoms with Gasteiger partial charge in [-0.2, -0.15) is 0 Å². The lowest BCUT2D eigenvalue weighted by Crippen LogP contribution is -2.27. The molecule has 2 N–H and O–H groups in total. The van der Waals surface area contributed by atoms with E-state index in [4.69, 9.17) is 21.1 Å². The Labute approximate surface area is 204 Å². The van der Waals surface area contributed by atoms with Crippen molar-refractivity contribution >= 4 is 28.8 Å². The molecule has 0 bridgehead atoms. The van der Waals surface area contributed by atoms with E-state index >= 15 is 0 Å². The first-order chi connectivity index (χ1) is 16.6. The van der Waals surface area contributed by atoms with E-state index in [1.54, 1.807) is 7.11 Å². The highest BCUT2D eigenvalue weighted by atomic mass is 35.5. The highest BCUT2D eigenvalue weighted by Crippen LogP contribution is 2.47. The number of nitrogens with one attached hydrogen (secondary N) is 2. The molecule has 1 aliphatic heterocycles. The van der Waals surface area contributed by atoms with Gasteiger partial charge in [0.25, 0.3) is 0 Å². The zero-order valence-corrected chi connectivity index (χ0v) is 20.0. The van der Waals surface area contributed by atoms with Crippen molar-refractivity contribution in [3.8, 4) is 11.5 Å². The van der Waals surface area contributed by atoms with Crippen LogP contribution in [0.4, 0.5) is 11.4 Å². The minimum Gasteiger partial charge on any atom is -0.493 e. The number of benzene rings is 3. The number of hydrogen-bond donors (Lipinski definition) is 2. The summed E-state index contributed by atoms with van der Waals surface area (Å²) in [7, 11) is 1.63. The molecular formula is C28H27ClN2O3. The standard InChI is InChI=1S/C28H27ClN2O3/c1-3-34-28-20(7-6-10-25(28)33-2)27-26-23(30-21-8-4-5-9-22(21)31-27)15-18(16-24(26)32)17-11-13-19(29)14-12-17/h4-14,18,27,30-31H,3,15-16H2,1-2H3. The summed E-state index contributed by atoms with van der Waals surface area (Å²) in [5, 5.41) is 7.90. The van der Waals surface area contributed by atoms with Crippen LogP contribution >= 0.6 is 11.6 Å². The number of anilines is 2. The average Bonchev–Trinajstić information content (AvgIpc) is 3.01. The van der Waals surface area contributed by atoms with Crippen LogP contribution in [0.25, 0.3) is 0 Å². The summed E-state index contributed by atoms with van der Waals surface area (Å²) in [4.78, 5) is 13.8. The molecule has 0 radical (unpaired) electrons. The summed E-state index contributed by atoms with van der Waals surface area (Å²) >= 11 is 6.10. The van der Waals surface area contributed by atoms with Crippen molar-refractivity contribution in [2.24, 2.45) is 0 Å². The summed E-state index contributed by atoms with van der Waals surface area (Å²) in [5.74, 6) is 1.50. The number of rotatable bonds is 5. The van der Waals surface area contributed by atoms with Gasteiger partial charge in [-0.05, 0) is 55.2 Å². The smallest absolute Gasteiger partial charge is 0.166 e. The van der Waals surface area contributed by atoms with Gasteiger partial charge in [-0.1, -0.05) is 48.0 Å². The van der Waals surface area contributed by atoms with E-state index in [2.05, 4.69) is 10.6 Å². The van der Waals surface area contributed by atoms with Gasteiger partial charge in [0.2, 0.25) is 0 Å². The van der Waals surface area contributed by atoms with E-state index in [0.717, 1.165) is 40.2 Å². The normalized spacial score (nSPS) is 19.3. The second-order valence-electron chi connectivity index (χ2n) is 8.53. The number of methoxy groups -OCH3 is 1. The fraction of sp³-hybridized carbons (Fsp3) is 0.250. The summed E-state index contributed by atoms with van der Waals surface area (Å²) in [6.07, 6.45) is 1.16. The highest BCUT2D eigenvalue weighted by Gasteiger charge is 2.37. The Kier molecular flexibility index (Phi) is 6.20. The van der Waals surface area contributed by atoms with Crippen LogP contribution in [0.15, 0.2) is 78.0 Å². The van der Waals surface area contributed by atoms with Crippen molar-refractivity contribution in [3.63, 3.8) is 0 Å². The van der Waals surface area contributed by atoms with Crippen LogP contribution in [0.3, 0.4) is 0 Å². The molecule has 0 amide bonds. The van der Waals surface area contributed by atoms with E-state index in [0.29, 0.717) is 29.5 Å². The molecule has 174 valence electrons. The third kappa shape index (κ3) is 4.12. The lowest BCUT2D eigenvalue weighted by atomic mass is 9.78. The van der Waals surface area contributed by atoms with E-state index in [1.807, 2.05) is 73.7 Å². The minimum absolute atomic E-state index is 0.0820. The van der Waals surface area contributed by atoms with E-state index in [-0.39, 0.29) is 17.7 Å². The second kappa shape index (κ2) is 9.43. The molecule has 0 saturated heterocycles. The maximum Gasteiger partial charge on any atom is 0.166 e. The molecule has 2 aliphatic rings. The molecule has 0 fully saturated rings. The van der Waals surface area contributed by atoms with Crippen molar-refractivity contribution in [2.45, 2.75) is 31.7 Å². The van der Waals surface area contributed by atoms with Crippen molar-refractivity contribution in [3.05, 3.63) is 94.1 Å². The van der Waals surface area contributed by atoms with Crippen LogP contribution in [-0.2, 0) is 4.79 Å². The summed E-state index contributed by atoms with van der Waals surface area (Å²) in [6, 6.07) is 21.3. The Morgan fingerprint density at radius 3 is 2.47 bits per heavy atom. The van der Waals surface area contributed by atoms with Crippen LogP contribution in [0.5, 0.6) is 11.5 Å². The molecule has 1 heterocycles. The Morgan fingerprint density at radius 2 is 1.74 bits per heavy atom. The number of halogens is 1. The summed E-state index contributed by atoms with van der Waals surface area (Å²) in [6.45, 7) is 2.44. The maximum atomic E-state index is 13.8. The fourth-order valence-electron chi connectivity index (χ4n) is 4.92. The Morgan fingerprint density at radius 1 is 0.971 bits per heavy atom. The van der Waals surface area contributed by atoms with Gasteiger partial charge in [0, 0.05) is 28.3 Å². The summed E-state index contributed by atoms with van der Waals surface area (Å²) in [5.41, 5.74) is 5.56. The predicted octanol–water partition coefficient (Wildman–Crippen LogP) is 6.73. The van der Waals surface area contributed by atoms with Crippen LogP contribution in [0.1, 0.15) is 42.9 Å². The number of para-hydroxylation sites is 3. The van der Waals surface area contributed by atoms with Gasteiger partial charge < -0.3 is 20.1 Å². The lowest BCUT2D eigenvalue weighted by molar-refractivity contribution is -0.116. The fourth-order valence-corrected chi connectivity index (χ4v) is 5.04. The van der Waals surface area contributed by atoms with Crippen molar-refractivity contribution in [2.75, 3.05) is 24.4 Å². The number of fused-ring (bicyclic) bond motifs is 1. The van der Waals surface area contributed by atoms with Gasteiger partial charge in [-0.3, -0.25) is 4.79 Å².